The molecule has 1 amide bonds. The molecule has 9 heteroatoms. The van der Waals surface area contributed by atoms with Crippen molar-refractivity contribution >= 4 is 61.9 Å². The molecule has 2 N–H and O–H groups in total. The van der Waals surface area contributed by atoms with Crippen molar-refractivity contribution in [2.24, 2.45) is 5.14 Å². The van der Waals surface area contributed by atoms with E-state index in [1.165, 1.54) is 23.9 Å². The number of thioether (sulfide) groups is 1. The van der Waals surface area contributed by atoms with Crippen molar-refractivity contribution in [3.05, 3.63) is 69.6 Å². The molecule has 1 fully saturated rings. The van der Waals surface area contributed by atoms with Crippen molar-refractivity contribution in [1.29, 1.82) is 0 Å². The molecule has 2 aromatic carbocycles. The summed E-state index contributed by atoms with van der Waals surface area (Å²) < 4.78 is 23.1. The molecule has 0 unspecified atom stereocenters. The normalized spacial score (nSPS) is 16.4. The van der Waals surface area contributed by atoms with Gasteiger partial charge in [0.1, 0.15) is 4.32 Å². The number of primary sulfonamides is 1. The number of carbonyl (C=O) groups is 1. The van der Waals surface area contributed by atoms with Crippen LogP contribution in [0, 0.1) is 0 Å². The predicted molar refractivity (Wildman–Crippen MR) is 113 cm³/mol. The van der Waals surface area contributed by atoms with Gasteiger partial charge in [-0.25, -0.2) is 13.6 Å². The highest BCUT2D eigenvalue weighted by Crippen LogP contribution is 2.32. The second-order valence-corrected chi connectivity index (χ2v) is 9.50. The highest BCUT2D eigenvalue weighted by molar-refractivity contribution is 8.26. The number of nitrogens with zero attached hydrogens (tertiary/aromatic N) is 1. The first kappa shape index (κ1) is 20.0. The number of carbonyl (C=O) groups excluding carboxylic acids is 1. The first-order valence-corrected chi connectivity index (χ1v) is 11.0. The Morgan fingerprint density at radius 3 is 2.33 bits per heavy atom. The van der Waals surface area contributed by atoms with E-state index in [-0.39, 0.29) is 10.8 Å². The Labute approximate surface area is 172 Å². The summed E-state index contributed by atoms with van der Waals surface area (Å²) in [4.78, 5) is 14.8. The van der Waals surface area contributed by atoms with Gasteiger partial charge in [-0.15, -0.1) is 0 Å². The molecule has 0 atom stereocenters. The topological polar surface area (TPSA) is 80.5 Å². The fourth-order valence-corrected chi connectivity index (χ4v) is 4.44. The van der Waals surface area contributed by atoms with Crippen molar-refractivity contribution in [2.75, 3.05) is 6.54 Å². The lowest BCUT2D eigenvalue weighted by Gasteiger charge is -2.14. The smallest absolute Gasteiger partial charge is 0.266 e. The third-order valence-corrected chi connectivity index (χ3v) is 6.48. The third kappa shape index (κ3) is 4.97. The molecule has 0 aromatic heterocycles. The average Bonchev–Trinajstić information content (AvgIpc) is 2.88. The zero-order chi connectivity index (χ0) is 19.6. The molecule has 140 valence electrons. The van der Waals surface area contributed by atoms with Gasteiger partial charge in [-0.05, 0) is 47.9 Å². The number of benzene rings is 2. The maximum Gasteiger partial charge on any atom is 0.266 e. The monoisotopic (exact) mass is 438 g/mol. The quantitative estimate of drug-likeness (QED) is 0.571. The van der Waals surface area contributed by atoms with E-state index in [0.717, 1.165) is 11.1 Å². The number of halogens is 1. The van der Waals surface area contributed by atoms with E-state index in [4.69, 9.17) is 29.0 Å². The summed E-state index contributed by atoms with van der Waals surface area (Å²) in [6.45, 7) is 0.414. The summed E-state index contributed by atoms with van der Waals surface area (Å²) in [5.41, 5.74) is 1.76. The third-order valence-electron chi connectivity index (χ3n) is 3.92. The molecular formula is C18H15ClN2O3S3. The van der Waals surface area contributed by atoms with Gasteiger partial charge in [0, 0.05) is 11.6 Å². The van der Waals surface area contributed by atoms with Crippen LogP contribution in [-0.2, 0) is 21.2 Å². The minimum atomic E-state index is -3.71. The van der Waals surface area contributed by atoms with Gasteiger partial charge in [-0.3, -0.25) is 9.69 Å². The maximum atomic E-state index is 12.6. The molecule has 0 aliphatic carbocycles. The van der Waals surface area contributed by atoms with Crippen molar-refractivity contribution in [2.45, 2.75) is 11.3 Å². The van der Waals surface area contributed by atoms with Crippen LogP contribution in [0.15, 0.2) is 58.3 Å². The molecule has 0 saturated carbocycles. The predicted octanol–water partition coefficient (Wildman–Crippen LogP) is 3.43. The van der Waals surface area contributed by atoms with E-state index in [9.17, 15) is 13.2 Å². The van der Waals surface area contributed by atoms with Crippen LogP contribution in [0.1, 0.15) is 11.1 Å². The lowest BCUT2D eigenvalue weighted by molar-refractivity contribution is -0.122. The highest BCUT2D eigenvalue weighted by Gasteiger charge is 2.31. The number of nitrogens with two attached hydrogens (primary N) is 1. The van der Waals surface area contributed by atoms with Crippen LogP contribution in [-0.4, -0.2) is 30.1 Å². The number of hydrogen-bond donors (Lipinski definition) is 1. The van der Waals surface area contributed by atoms with Gasteiger partial charge in [0.05, 0.1) is 9.80 Å². The number of rotatable bonds is 5. The van der Waals surface area contributed by atoms with E-state index in [1.54, 1.807) is 35.2 Å². The molecule has 5 nitrogen and oxygen atoms in total. The Bertz CT molecular complexity index is 1020. The van der Waals surface area contributed by atoms with Gasteiger partial charge in [0.25, 0.3) is 5.91 Å². The number of thiocarbonyl (C=S) groups is 1. The summed E-state index contributed by atoms with van der Waals surface area (Å²) in [6.07, 6.45) is 2.34. The van der Waals surface area contributed by atoms with Gasteiger partial charge >= 0.3 is 0 Å². The Hall–Kier alpha value is -1.71. The van der Waals surface area contributed by atoms with Crippen molar-refractivity contribution in [1.82, 2.24) is 4.90 Å². The van der Waals surface area contributed by atoms with Gasteiger partial charge < -0.3 is 0 Å². The lowest BCUT2D eigenvalue weighted by atomic mass is 10.1. The first-order valence-electron chi connectivity index (χ1n) is 7.87. The van der Waals surface area contributed by atoms with Crippen LogP contribution in [0.2, 0.25) is 5.02 Å². The second-order valence-electron chi connectivity index (χ2n) is 5.82. The van der Waals surface area contributed by atoms with Crippen LogP contribution < -0.4 is 5.14 Å². The summed E-state index contributed by atoms with van der Waals surface area (Å²) in [5, 5.41) is 5.72. The Balaban J connectivity index is 1.68. The molecule has 0 spiro atoms. The largest absolute Gasteiger partial charge is 0.293 e. The molecule has 1 heterocycles. The minimum absolute atomic E-state index is 0.0581. The van der Waals surface area contributed by atoms with E-state index in [0.29, 0.717) is 27.2 Å². The van der Waals surface area contributed by atoms with Crippen molar-refractivity contribution < 1.29 is 13.2 Å². The minimum Gasteiger partial charge on any atom is -0.293 e. The van der Waals surface area contributed by atoms with Crippen LogP contribution in [0.5, 0.6) is 0 Å². The molecule has 1 aliphatic rings. The van der Waals surface area contributed by atoms with Gasteiger partial charge in [0.2, 0.25) is 10.0 Å². The number of hydrogen-bond acceptors (Lipinski definition) is 5. The molecule has 2 aromatic rings. The highest BCUT2D eigenvalue weighted by atomic mass is 35.5. The molecule has 3 rings (SSSR count). The second kappa shape index (κ2) is 8.12. The van der Waals surface area contributed by atoms with Gasteiger partial charge in [-0.1, -0.05) is 59.8 Å². The van der Waals surface area contributed by atoms with Crippen molar-refractivity contribution in [3.63, 3.8) is 0 Å². The maximum absolute atomic E-state index is 12.6. The van der Waals surface area contributed by atoms with Gasteiger partial charge in [-0.2, -0.15) is 0 Å². The number of amides is 1. The SMILES string of the molecule is NS(=O)(=O)c1ccc(CCN2C(=O)C(=Cc3ccc(Cl)cc3)SC2=S)cc1. The fraction of sp³-hybridized carbons (Fsp3) is 0.111. The van der Waals surface area contributed by atoms with Gasteiger partial charge in [0.15, 0.2) is 0 Å². The lowest BCUT2D eigenvalue weighted by Crippen LogP contribution is -2.30. The zero-order valence-electron chi connectivity index (χ0n) is 14.0. The average molecular weight is 439 g/mol. The number of sulfonamides is 1. The van der Waals surface area contributed by atoms with E-state index >= 15 is 0 Å². The van der Waals surface area contributed by atoms with Crippen LogP contribution in [0.3, 0.4) is 0 Å². The van der Waals surface area contributed by atoms with E-state index in [2.05, 4.69) is 0 Å². The van der Waals surface area contributed by atoms with E-state index < -0.39 is 10.0 Å². The molecule has 1 saturated heterocycles. The van der Waals surface area contributed by atoms with Crippen LogP contribution >= 0.6 is 35.6 Å². The summed E-state index contributed by atoms with van der Waals surface area (Å²) in [6, 6.07) is 13.5. The van der Waals surface area contributed by atoms with Crippen LogP contribution in [0.4, 0.5) is 0 Å². The summed E-state index contributed by atoms with van der Waals surface area (Å²) in [5.74, 6) is -0.138. The molecule has 0 radical (unpaired) electrons. The molecule has 0 bridgehead atoms. The van der Waals surface area contributed by atoms with Crippen LogP contribution in [0.25, 0.3) is 6.08 Å². The molecular weight excluding hydrogens is 424 g/mol. The van der Waals surface area contributed by atoms with Crippen molar-refractivity contribution in [3.8, 4) is 0 Å². The first-order chi connectivity index (χ1) is 12.7. The summed E-state index contributed by atoms with van der Waals surface area (Å²) in [7, 11) is -3.71. The Kier molecular flexibility index (Phi) is 6.02. The standard InChI is InChI=1S/C18H15ClN2O3S3/c19-14-5-1-13(2-6-14)11-16-17(22)21(18(25)26-16)10-9-12-3-7-15(8-4-12)27(20,23)24/h1-8,11H,9-10H2,(H2,20,23,24). The molecule has 27 heavy (non-hydrogen) atoms. The van der Waals surface area contributed by atoms with E-state index in [1.807, 2.05) is 12.1 Å². The zero-order valence-corrected chi connectivity index (χ0v) is 17.2. The summed E-state index contributed by atoms with van der Waals surface area (Å²) >= 11 is 12.5. The fourth-order valence-electron chi connectivity index (χ4n) is 2.49. The molecule has 1 aliphatic heterocycles. The Morgan fingerprint density at radius 1 is 1.11 bits per heavy atom. The Morgan fingerprint density at radius 2 is 1.74 bits per heavy atom.